The topological polar surface area (TPSA) is 12.0 Å². The van der Waals surface area contributed by atoms with E-state index in [1.54, 1.807) is 4.91 Å². The number of thioether (sulfide) groups is 1. The summed E-state index contributed by atoms with van der Waals surface area (Å²) in [4.78, 5) is 1.77. The summed E-state index contributed by atoms with van der Waals surface area (Å²) >= 11 is 2.23. The summed E-state index contributed by atoms with van der Waals surface area (Å²) in [6.45, 7) is 4.92. The molecular weight excluding hydrogens is 178 g/mol. The average Bonchev–Trinajstić information content (AvgIpc) is 2.94. The Hall–Kier alpha value is 0.0500. The third kappa shape index (κ3) is 0.722. The fraction of sp³-hybridized carbons (Fsp3) is 0.818. The molecule has 0 aromatic carbocycles. The number of hydrogen-bond donors (Lipinski definition) is 1. The monoisotopic (exact) mass is 193 g/mol. The van der Waals surface area contributed by atoms with Gasteiger partial charge in [-0.15, -0.1) is 11.8 Å². The smallest absolute Gasteiger partial charge is 0.0250 e. The molecule has 0 aromatic rings. The van der Waals surface area contributed by atoms with Gasteiger partial charge in [-0.05, 0) is 55.5 Å². The lowest BCUT2D eigenvalue weighted by Crippen LogP contribution is -2.23. The molecule has 4 rings (SSSR count). The second kappa shape index (κ2) is 2.01. The number of fused-ring (bicyclic) bond motifs is 3. The predicted octanol–water partition coefficient (Wildman–Crippen LogP) is 2.01. The van der Waals surface area contributed by atoms with Gasteiger partial charge in [-0.25, -0.2) is 0 Å². The van der Waals surface area contributed by atoms with Gasteiger partial charge >= 0.3 is 0 Å². The van der Waals surface area contributed by atoms with Crippen LogP contribution in [0, 0.1) is 17.8 Å². The summed E-state index contributed by atoms with van der Waals surface area (Å²) in [5.74, 6) is 3.27. The van der Waals surface area contributed by atoms with E-state index in [0.29, 0.717) is 4.75 Å². The molecule has 2 fully saturated rings. The van der Waals surface area contributed by atoms with Crippen LogP contribution >= 0.6 is 11.8 Å². The van der Waals surface area contributed by atoms with Crippen LogP contribution in [0.25, 0.3) is 0 Å². The zero-order valence-corrected chi connectivity index (χ0v) is 8.79. The lowest BCUT2D eigenvalue weighted by atomic mass is 9.94. The summed E-state index contributed by atoms with van der Waals surface area (Å²) in [5.41, 5.74) is 1.86. The van der Waals surface area contributed by atoms with E-state index in [1.165, 1.54) is 25.9 Å². The summed E-state index contributed by atoms with van der Waals surface area (Å²) < 4.78 is 0.716. The molecule has 70 valence electrons. The van der Waals surface area contributed by atoms with E-state index in [-0.39, 0.29) is 0 Å². The summed E-state index contributed by atoms with van der Waals surface area (Å²) in [5, 5.41) is 3.51. The minimum atomic E-state index is 0.716. The van der Waals surface area contributed by atoms with E-state index < -0.39 is 0 Å². The molecule has 3 unspecified atom stereocenters. The second-order valence-corrected chi connectivity index (χ2v) is 6.64. The minimum absolute atomic E-state index is 0.716. The summed E-state index contributed by atoms with van der Waals surface area (Å²) in [7, 11) is 0. The van der Waals surface area contributed by atoms with Crippen molar-refractivity contribution < 1.29 is 0 Å². The van der Waals surface area contributed by atoms with Crippen LogP contribution in [0.1, 0.15) is 19.8 Å². The quantitative estimate of drug-likeness (QED) is 0.631. The molecule has 0 saturated heterocycles. The molecule has 0 bridgehead atoms. The fourth-order valence-electron chi connectivity index (χ4n) is 3.61. The van der Waals surface area contributed by atoms with E-state index in [2.05, 4.69) is 24.0 Å². The number of rotatable bonds is 0. The minimum Gasteiger partial charge on any atom is -0.316 e. The van der Waals surface area contributed by atoms with Gasteiger partial charge in [0.2, 0.25) is 0 Å². The largest absolute Gasteiger partial charge is 0.316 e. The van der Waals surface area contributed by atoms with Gasteiger partial charge in [0.05, 0.1) is 0 Å². The molecule has 2 saturated carbocycles. The van der Waals surface area contributed by atoms with Crippen molar-refractivity contribution >= 4 is 11.8 Å². The molecule has 13 heavy (non-hydrogen) atoms. The van der Waals surface area contributed by atoms with E-state index in [9.17, 15) is 0 Å². The van der Waals surface area contributed by atoms with Crippen LogP contribution in [0.15, 0.2) is 10.5 Å². The highest BCUT2D eigenvalue weighted by Crippen LogP contribution is 2.87. The molecule has 4 aliphatic rings. The SMILES string of the molecule is CC12SC3=C(CCNCC3)C3C1[C@@H]32. The molecule has 2 heteroatoms. The highest BCUT2D eigenvalue weighted by Gasteiger charge is 2.84. The standard InChI is InChI=1S/C11H15NS/c1-11-9-8(10(9)11)6-2-4-12-5-3-7(6)13-11/h8-10,12H,2-5H2,1H3/t8?,9-,10?,11?/m1/s1. The zero-order chi connectivity index (χ0) is 8.63. The number of nitrogens with one attached hydrogen (secondary N) is 1. The van der Waals surface area contributed by atoms with Gasteiger partial charge in [0, 0.05) is 4.75 Å². The maximum atomic E-state index is 3.51. The van der Waals surface area contributed by atoms with Gasteiger partial charge < -0.3 is 5.32 Å². The van der Waals surface area contributed by atoms with Crippen molar-refractivity contribution in [1.82, 2.24) is 5.32 Å². The van der Waals surface area contributed by atoms with Gasteiger partial charge in [0.15, 0.2) is 0 Å². The molecule has 2 aliphatic carbocycles. The van der Waals surface area contributed by atoms with Crippen molar-refractivity contribution in [3.8, 4) is 0 Å². The Balaban J connectivity index is 1.73. The Kier molecular flexibility index (Phi) is 1.14. The average molecular weight is 193 g/mol. The third-order valence-corrected chi connectivity index (χ3v) is 6.13. The summed E-state index contributed by atoms with van der Waals surface area (Å²) in [6, 6.07) is 0. The molecule has 1 N–H and O–H groups in total. The van der Waals surface area contributed by atoms with Crippen molar-refractivity contribution in [2.75, 3.05) is 13.1 Å². The third-order valence-electron chi connectivity index (χ3n) is 4.44. The first-order valence-electron chi connectivity index (χ1n) is 5.44. The molecule has 1 nitrogen and oxygen atoms in total. The van der Waals surface area contributed by atoms with Crippen LogP contribution in [0.4, 0.5) is 0 Å². The normalized spacial score (nSPS) is 56.5. The molecule has 0 amide bonds. The van der Waals surface area contributed by atoms with Crippen molar-refractivity contribution in [2.45, 2.75) is 24.5 Å². The van der Waals surface area contributed by atoms with Crippen LogP contribution in [0.2, 0.25) is 0 Å². The molecule has 0 aromatic heterocycles. The van der Waals surface area contributed by atoms with Gasteiger partial charge in [-0.3, -0.25) is 0 Å². The first kappa shape index (κ1) is 7.36. The van der Waals surface area contributed by atoms with Gasteiger partial charge in [-0.2, -0.15) is 0 Å². The Bertz CT molecular complexity index is 310. The molecule has 0 radical (unpaired) electrons. The van der Waals surface area contributed by atoms with E-state index in [1.807, 2.05) is 5.57 Å². The van der Waals surface area contributed by atoms with Gasteiger partial charge in [0.25, 0.3) is 0 Å². The van der Waals surface area contributed by atoms with Gasteiger partial charge in [0.1, 0.15) is 0 Å². The maximum absolute atomic E-state index is 3.51. The Morgan fingerprint density at radius 1 is 1.31 bits per heavy atom. The lowest BCUT2D eigenvalue weighted by Gasteiger charge is -2.32. The Labute approximate surface area is 83.3 Å². The van der Waals surface area contributed by atoms with Crippen molar-refractivity contribution in [3.63, 3.8) is 0 Å². The highest BCUT2D eigenvalue weighted by molar-refractivity contribution is 8.04. The highest BCUT2D eigenvalue weighted by atomic mass is 32.2. The van der Waals surface area contributed by atoms with Crippen molar-refractivity contribution in [2.24, 2.45) is 17.8 Å². The first-order chi connectivity index (χ1) is 6.32. The van der Waals surface area contributed by atoms with E-state index in [4.69, 9.17) is 0 Å². The number of hydrogen-bond acceptors (Lipinski definition) is 2. The molecule has 0 spiro atoms. The molecule has 4 atom stereocenters. The van der Waals surface area contributed by atoms with Crippen LogP contribution in [-0.2, 0) is 0 Å². The fourth-order valence-corrected chi connectivity index (χ4v) is 5.51. The predicted molar refractivity (Wildman–Crippen MR) is 55.6 cm³/mol. The summed E-state index contributed by atoms with van der Waals surface area (Å²) in [6.07, 6.45) is 2.65. The zero-order valence-electron chi connectivity index (χ0n) is 7.97. The Morgan fingerprint density at radius 2 is 2.08 bits per heavy atom. The Morgan fingerprint density at radius 3 is 2.92 bits per heavy atom. The molecule has 2 heterocycles. The second-order valence-electron chi connectivity index (χ2n) is 5.06. The van der Waals surface area contributed by atoms with E-state index >= 15 is 0 Å². The van der Waals surface area contributed by atoms with Crippen LogP contribution in [-0.4, -0.2) is 17.8 Å². The van der Waals surface area contributed by atoms with E-state index in [0.717, 1.165) is 17.8 Å². The van der Waals surface area contributed by atoms with Crippen LogP contribution in [0.3, 0.4) is 0 Å². The first-order valence-corrected chi connectivity index (χ1v) is 6.25. The van der Waals surface area contributed by atoms with Crippen LogP contribution in [0.5, 0.6) is 0 Å². The molecule has 2 aliphatic heterocycles. The maximum Gasteiger partial charge on any atom is 0.0250 e. The van der Waals surface area contributed by atoms with Gasteiger partial charge in [-0.1, -0.05) is 5.57 Å². The lowest BCUT2D eigenvalue weighted by molar-refractivity contribution is 0.569. The molecular formula is C11H15NS. The van der Waals surface area contributed by atoms with Crippen LogP contribution < -0.4 is 5.32 Å². The van der Waals surface area contributed by atoms with Crippen molar-refractivity contribution in [1.29, 1.82) is 0 Å². The van der Waals surface area contributed by atoms with Crippen molar-refractivity contribution in [3.05, 3.63) is 10.5 Å².